The Hall–Kier alpha value is -0.650. The van der Waals surface area contributed by atoms with Crippen LogP contribution in [0, 0.1) is 5.92 Å². The Bertz CT molecular complexity index is 474. The van der Waals surface area contributed by atoms with E-state index in [2.05, 4.69) is 20.9 Å². The van der Waals surface area contributed by atoms with Crippen molar-refractivity contribution in [2.75, 3.05) is 14.2 Å². The van der Waals surface area contributed by atoms with Crippen molar-refractivity contribution in [1.29, 1.82) is 0 Å². The highest BCUT2D eigenvalue weighted by Crippen LogP contribution is 2.51. The summed E-state index contributed by atoms with van der Waals surface area (Å²) >= 11 is 9.47. The highest BCUT2D eigenvalue weighted by atomic mass is 79.9. The van der Waals surface area contributed by atoms with Gasteiger partial charge in [-0.3, -0.25) is 9.78 Å². The summed E-state index contributed by atoms with van der Waals surface area (Å²) in [6.45, 7) is 0. The molecule has 1 aliphatic rings. The number of pyridine rings is 1. The molecular weight excluding hydrogens is 321 g/mol. The lowest BCUT2D eigenvalue weighted by molar-refractivity contribution is -0.168. The monoisotopic (exact) mass is 333 g/mol. The zero-order chi connectivity index (χ0) is 13.3. The quantitative estimate of drug-likeness (QED) is 0.798. The maximum absolute atomic E-state index is 11.4. The van der Waals surface area contributed by atoms with Gasteiger partial charge in [0.1, 0.15) is 0 Å². The number of hydrogen-bond acceptors (Lipinski definition) is 4. The molecule has 1 aromatic heterocycles. The standard InChI is InChI=1S/C12H13BrClNO3/c1-17-11(16)7-3-12(4-7,18-2)8-5-15-6-9(14)10(8)13/h5-7H,3-4H2,1-2H3. The van der Waals surface area contributed by atoms with Crippen LogP contribution in [0.25, 0.3) is 0 Å². The van der Waals surface area contributed by atoms with Gasteiger partial charge in [0.05, 0.1) is 23.7 Å². The van der Waals surface area contributed by atoms with Crippen molar-refractivity contribution < 1.29 is 14.3 Å². The van der Waals surface area contributed by atoms with Crippen LogP contribution in [-0.4, -0.2) is 25.2 Å². The van der Waals surface area contributed by atoms with Gasteiger partial charge in [0.25, 0.3) is 0 Å². The Kier molecular flexibility index (Phi) is 3.94. The second-order valence-corrected chi connectivity index (χ2v) is 5.51. The van der Waals surface area contributed by atoms with Gasteiger partial charge in [-0.1, -0.05) is 11.6 Å². The Morgan fingerprint density at radius 1 is 1.50 bits per heavy atom. The van der Waals surface area contributed by atoms with Gasteiger partial charge in [-0.2, -0.15) is 0 Å². The Labute approximate surface area is 119 Å². The van der Waals surface area contributed by atoms with E-state index in [1.165, 1.54) is 7.11 Å². The van der Waals surface area contributed by atoms with Crippen LogP contribution in [0.4, 0.5) is 0 Å². The molecular formula is C12H13BrClNO3. The van der Waals surface area contributed by atoms with E-state index >= 15 is 0 Å². The van der Waals surface area contributed by atoms with Gasteiger partial charge >= 0.3 is 5.97 Å². The average Bonchev–Trinajstić information content (AvgIpc) is 2.33. The molecule has 0 N–H and O–H groups in total. The molecule has 4 nitrogen and oxygen atoms in total. The van der Waals surface area contributed by atoms with E-state index in [-0.39, 0.29) is 11.9 Å². The molecule has 1 aliphatic carbocycles. The zero-order valence-electron chi connectivity index (χ0n) is 10.1. The Morgan fingerprint density at radius 3 is 2.72 bits per heavy atom. The second kappa shape index (κ2) is 5.15. The van der Waals surface area contributed by atoms with E-state index in [4.69, 9.17) is 21.1 Å². The van der Waals surface area contributed by atoms with Crippen LogP contribution in [-0.2, 0) is 19.9 Å². The Balaban J connectivity index is 2.26. The first-order valence-corrected chi connectivity index (χ1v) is 6.63. The molecule has 1 saturated carbocycles. The Morgan fingerprint density at radius 2 is 2.17 bits per heavy atom. The molecule has 0 atom stereocenters. The first kappa shape index (κ1) is 13.8. The van der Waals surface area contributed by atoms with Crippen molar-refractivity contribution in [1.82, 2.24) is 4.98 Å². The molecule has 0 unspecified atom stereocenters. The van der Waals surface area contributed by atoms with Crippen LogP contribution in [0.3, 0.4) is 0 Å². The number of esters is 1. The van der Waals surface area contributed by atoms with E-state index < -0.39 is 5.60 Å². The van der Waals surface area contributed by atoms with Gasteiger partial charge in [-0.05, 0) is 28.8 Å². The van der Waals surface area contributed by atoms with Crippen LogP contribution >= 0.6 is 27.5 Å². The summed E-state index contributed by atoms with van der Waals surface area (Å²) in [4.78, 5) is 15.5. The fourth-order valence-electron chi connectivity index (χ4n) is 2.30. The molecule has 0 saturated heterocycles. The number of methoxy groups -OCH3 is 2. The van der Waals surface area contributed by atoms with Gasteiger partial charge in [-0.25, -0.2) is 0 Å². The first-order valence-electron chi connectivity index (χ1n) is 5.46. The minimum Gasteiger partial charge on any atom is -0.469 e. The SMILES string of the molecule is COC(=O)C1CC(OC)(c2cncc(Cl)c2Br)C1. The first-order chi connectivity index (χ1) is 8.54. The molecule has 0 aliphatic heterocycles. The van der Waals surface area contributed by atoms with Crippen molar-refractivity contribution >= 4 is 33.5 Å². The summed E-state index contributed by atoms with van der Waals surface area (Å²) in [7, 11) is 3.02. The number of carbonyl (C=O) groups is 1. The summed E-state index contributed by atoms with van der Waals surface area (Å²) in [5.41, 5.74) is 0.368. The van der Waals surface area contributed by atoms with Gasteiger partial charge in [0.15, 0.2) is 0 Å². The van der Waals surface area contributed by atoms with E-state index in [0.717, 1.165) is 10.0 Å². The third-order valence-electron chi connectivity index (χ3n) is 3.41. The lowest BCUT2D eigenvalue weighted by Crippen LogP contribution is -2.46. The lowest BCUT2D eigenvalue weighted by Gasteiger charge is -2.45. The van der Waals surface area contributed by atoms with Crippen molar-refractivity contribution in [3.05, 3.63) is 27.5 Å². The number of rotatable bonds is 3. The summed E-state index contributed by atoms with van der Waals surface area (Å²) in [5.74, 6) is -0.324. The minimum absolute atomic E-state index is 0.124. The van der Waals surface area contributed by atoms with Gasteiger partial charge in [0.2, 0.25) is 0 Å². The normalized spacial score (nSPS) is 26.6. The third-order valence-corrected chi connectivity index (χ3v) is 4.78. The highest BCUT2D eigenvalue weighted by Gasteiger charge is 2.50. The van der Waals surface area contributed by atoms with Crippen molar-refractivity contribution in [2.24, 2.45) is 5.92 Å². The van der Waals surface area contributed by atoms with Gasteiger partial charge < -0.3 is 9.47 Å². The topological polar surface area (TPSA) is 48.4 Å². The molecule has 1 fully saturated rings. The zero-order valence-corrected chi connectivity index (χ0v) is 12.4. The fourth-order valence-corrected chi connectivity index (χ4v) is 3.03. The van der Waals surface area contributed by atoms with Crippen LogP contribution < -0.4 is 0 Å². The van der Waals surface area contributed by atoms with E-state index in [9.17, 15) is 4.79 Å². The molecule has 1 aromatic rings. The molecule has 98 valence electrons. The second-order valence-electron chi connectivity index (χ2n) is 4.31. The summed E-state index contributed by atoms with van der Waals surface area (Å²) in [6.07, 6.45) is 4.44. The molecule has 0 aromatic carbocycles. The summed E-state index contributed by atoms with van der Waals surface area (Å²) in [5, 5.41) is 0.533. The smallest absolute Gasteiger partial charge is 0.308 e. The van der Waals surface area contributed by atoms with Crippen LogP contribution in [0.2, 0.25) is 5.02 Å². The molecule has 18 heavy (non-hydrogen) atoms. The number of hydrogen-bond donors (Lipinski definition) is 0. The number of carbonyl (C=O) groups excluding carboxylic acids is 1. The van der Waals surface area contributed by atoms with Crippen molar-refractivity contribution in [3.8, 4) is 0 Å². The predicted molar refractivity (Wildman–Crippen MR) is 70.4 cm³/mol. The number of ether oxygens (including phenoxy) is 2. The molecule has 0 amide bonds. The number of aromatic nitrogens is 1. The molecule has 0 bridgehead atoms. The highest BCUT2D eigenvalue weighted by molar-refractivity contribution is 9.10. The number of nitrogens with zero attached hydrogens (tertiary/aromatic N) is 1. The third kappa shape index (κ3) is 2.15. The van der Waals surface area contributed by atoms with Gasteiger partial charge in [-0.15, -0.1) is 0 Å². The van der Waals surface area contributed by atoms with E-state index in [1.54, 1.807) is 19.5 Å². The molecule has 0 spiro atoms. The summed E-state index contributed by atoms with van der Waals surface area (Å²) in [6, 6.07) is 0. The van der Waals surface area contributed by atoms with Crippen molar-refractivity contribution in [2.45, 2.75) is 18.4 Å². The maximum atomic E-state index is 11.4. The largest absolute Gasteiger partial charge is 0.469 e. The van der Waals surface area contributed by atoms with Crippen LogP contribution in [0.1, 0.15) is 18.4 Å². The fraction of sp³-hybridized carbons (Fsp3) is 0.500. The lowest BCUT2D eigenvalue weighted by atomic mass is 9.67. The number of halogens is 2. The molecule has 1 heterocycles. The summed E-state index contributed by atoms with van der Waals surface area (Å²) < 4.78 is 11.1. The molecule has 0 radical (unpaired) electrons. The van der Waals surface area contributed by atoms with Crippen LogP contribution in [0.15, 0.2) is 16.9 Å². The molecule has 6 heteroatoms. The maximum Gasteiger partial charge on any atom is 0.308 e. The van der Waals surface area contributed by atoms with E-state index in [1.807, 2.05) is 0 Å². The van der Waals surface area contributed by atoms with Gasteiger partial charge in [0, 0.05) is 29.5 Å². The van der Waals surface area contributed by atoms with Crippen molar-refractivity contribution in [3.63, 3.8) is 0 Å². The van der Waals surface area contributed by atoms with E-state index in [0.29, 0.717) is 17.9 Å². The average molecular weight is 335 g/mol. The minimum atomic E-state index is -0.504. The predicted octanol–water partition coefficient (Wildman–Crippen LogP) is 2.92. The molecule has 2 rings (SSSR count). The van der Waals surface area contributed by atoms with Crippen LogP contribution in [0.5, 0.6) is 0 Å².